The molecule has 2 heterocycles. The minimum Gasteiger partial charge on any atom is -0.489 e. The SMILES string of the molecule is CN[C@@H]1CCCC[C@H]1Oc1ccc2c(c1)CN(C1CCC(=O)NC1=O)C2=O. The van der Waals surface area contributed by atoms with Crippen molar-refractivity contribution in [2.75, 3.05) is 7.05 Å². The number of nitrogens with zero attached hydrogens (tertiary/aromatic N) is 1. The van der Waals surface area contributed by atoms with Crippen LogP contribution in [0.1, 0.15) is 54.4 Å². The van der Waals surface area contributed by atoms with Crippen LogP contribution < -0.4 is 15.4 Å². The zero-order chi connectivity index (χ0) is 19.0. The van der Waals surface area contributed by atoms with Gasteiger partial charge in [0.2, 0.25) is 11.8 Å². The summed E-state index contributed by atoms with van der Waals surface area (Å²) in [5.41, 5.74) is 1.49. The van der Waals surface area contributed by atoms with E-state index in [9.17, 15) is 14.4 Å². The van der Waals surface area contributed by atoms with Crippen molar-refractivity contribution in [2.45, 2.75) is 63.3 Å². The van der Waals surface area contributed by atoms with E-state index in [-0.39, 0.29) is 30.2 Å². The largest absolute Gasteiger partial charge is 0.489 e. The molecule has 0 aromatic heterocycles. The number of likely N-dealkylation sites (N-methyl/N-ethyl adjacent to an activating group) is 1. The van der Waals surface area contributed by atoms with Gasteiger partial charge in [0.15, 0.2) is 0 Å². The highest BCUT2D eigenvalue weighted by Crippen LogP contribution is 2.31. The summed E-state index contributed by atoms with van der Waals surface area (Å²) in [6.45, 7) is 0.373. The molecule has 0 radical (unpaired) electrons. The van der Waals surface area contributed by atoms with Crippen LogP contribution in [0.4, 0.5) is 0 Å². The van der Waals surface area contributed by atoms with Crippen LogP contribution in [0, 0.1) is 0 Å². The van der Waals surface area contributed by atoms with Crippen molar-refractivity contribution in [1.82, 2.24) is 15.5 Å². The Bertz CT molecular complexity index is 778. The second kappa shape index (κ2) is 7.31. The molecule has 1 aromatic rings. The van der Waals surface area contributed by atoms with Crippen molar-refractivity contribution in [3.05, 3.63) is 29.3 Å². The fourth-order valence-electron chi connectivity index (χ4n) is 4.37. The number of benzene rings is 1. The van der Waals surface area contributed by atoms with Crippen LogP contribution in [-0.4, -0.2) is 47.9 Å². The second-order valence-corrected chi connectivity index (χ2v) is 7.55. The number of fused-ring (bicyclic) bond motifs is 1. The zero-order valence-electron chi connectivity index (χ0n) is 15.5. The number of hydrogen-bond acceptors (Lipinski definition) is 5. The number of carbonyl (C=O) groups is 3. The summed E-state index contributed by atoms with van der Waals surface area (Å²) in [5, 5.41) is 5.66. The Hall–Kier alpha value is -2.41. The van der Waals surface area contributed by atoms with Crippen molar-refractivity contribution in [3.8, 4) is 5.75 Å². The molecule has 2 N–H and O–H groups in total. The van der Waals surface area contributed by atoms with Gasteiger partial charge >= 0.3 is 0 Å². The molecule has 3 amide bonds. The zero-order valence-corrected chi connectivity index (χ0v) is 15.5. The quantitative estimate of drug-likeness (QED) is 0.781. The Balaban J connectivity index is 1.49. The Morgan fingerprint density at radius 2 is 1.96 bits per heavy atom. The average Bonchev–Trinajstić information content (AvgIpc) is 2.98. The topological polar surface area (TPSA) is 87.7 Å². The molecular formula is C20H25N3O4. The lowest BCUT2D eigenvalue weighted by Gasteiger charge is -2.31. The number of nitrogens with one attached hydrogen (secondary N) is 2. The average molecular weight is 371 g/mol. The molecule has 1 unspecified atom stereocenters. The van der Waals surface area contributed by atoms with Crippen LogP contribution in [-0.2, 0) is 16.1 Å². The first-order valence-corrected chi connectivity index (χ1v) is 9.68. The number of hydrogen-bond donors (Lipinski definition) is 2. The fraction of sp³-hybridized carbons (Fsp3) is 0.550. The normalized spacial score (nSPS) is 28.1. The van der Waals surface area contributed by atoms with Crippen molar-refractivity contribution in [2.24, 2.45) is 0 Å². The van der Waals surface area contributed by atoms with Gasteiger partial charge in [0.05, 0.1) is 0 Å². The summed E-state index contributed by atoms with van der Waals surface area (Å²) >= 11 is 0. The lowest BCUT2D eigenvalue weighted by atomic mass is 9.92. The molecule has 3 atom stereocenters. The van der Waals surface area contributed by atoms with Gasteiger partial charge in [-0.1, -0.05) is 6.42 Å². The van der Waals surface area contributed by atoms with Gasteiger partial charge in [-0.15, -0.1) is 0 Å². The maximum absolute atomic E-state index is 12.7. The van der Waals surface area contributed by atoms with Crippen LogP contribution in [0.3, 0.4) is 0 Å². The monoisotopic (exact) mass is 371 g/mol. The molecule has 7 nitrogen and oxygen atoms in total. The third kappa shape index (κ3) is 3.43. The molecule has 1 aliphatic carbocycles. The summed E-state index contributed by atoms with van der Waals surface area (Å²) in [7, 11) is 1.96. The van der Waals surface area contributed by atoms with Crippen LogP contribution in [0.2, 0.25) is 0 Å². The Morgan fingerprint density at radius 3 is 2.74 bits per heavy atom. The summed E-state index contributed by atoms with van der Waals surface area (Å²) in [6, 6.07) is 5.30. The first kappa shape index (κ1) is 18.0. The van der Waals surface area contributed by atoms with Gasteiger partial charge in [-0.05, 0) is 56.5 Å². The predicted octanol–water partition coefficient (Wildman–Crippen LogP) is 1.36. The predicted molar refractivity (Wildman–Crippen MR) is 98.2 cm³/mol. The summed E-state index contributed by atoms with van der Waals surface area (Å²) in [6.07, 6.45) is 5.26. The minimum absolute atomic E-state index is 0.130. The van der Waals surface area contributed by atoms with E-state index in [1.165, 1.54) is 6.42 Å². The maximum Gasteiger partial charge on any atom is 0.255 e. The van der Waals surface area contributed by atoms with E-state index < -0.39 is 6.04 Å². The van der Waals surface area contributed by atoms with Gasteiger partial charge in [0.1, 0.15) is 17.9 Å². The molecule has 0 spiro atoms. The summed E-state index contributed by atoms with van der Waals surface area (Å²) in [4.78, 5) is 37.8. The first-order valence-electron chi connectivity index (χ1n) is 9.68. The number of rotatable bonds is 4. The van der Waals surface area contributed by atoms with Crippen molar-refractivity contribution < 1.29 is 19.1 Å². The van der Waals surface area contributed by atoms with Crippen LogP contribution in [0.5, 0.6) is 5.75 Å². The van der Waals surface area contributed by atoms with Crippen LogP contribution >= 0.6 is 0 Å². The van der Waals surface area contributed by atoms with E-state index in [1.807, 2.05) is 19.2 Å². The molecule has 2 aliphatic heterocycles. The van der Waals surface area contributed by atoms with Gasteiger partial charge in [-0.3, -0.25) is 19.7 Å². The number of carbonyl (C=O) groups excluding carboxylic acids is 3. The van der Waals surface area contributed by atoms with Crippen LogP contribution in [0.15, 0.2) is 18.2 Å². The molecule has 2 fully saturated rings. The van der Waals surface area contributed by atoms with E-state index in [0.29, 0.717) is 24.6 Å². The highest BCUT2D eigenvalue weighted by Gasteiger charge is 2.39. The molecule has 7 heteroatoms. The molecule has 4 rings (SSSR count). The minimum atomic E-state index is -0.584. The Labute approximate surface area is 158 Å². The Kier molecular flexibility index (Phi) is 4.86. The van der Waals surface area contributed by atoms with Gasteiger partial charge in [0, 0.05) is 24.6 Å². The lowest BCUT2D eigenvalue weighted by molar-refractivity contribution is -0.136. The number of imide groups is 1. The molecule has 1 saturated heterocycles. The van der Waals surface area contributed by atoms with E-state index >= 15 is 0 Å². The van der Waals surface area contributed by atoms with Gasteiger partial charge in [-0.25, -0.2) is 0 Å². The summed E-state index contributed by atoms with van der Waals surface area (Å²) < 4.78 is 6.22. The van der Waals surface area contributed by atoms with Crippen molar-refractivity contribution in [1.29, 1.82) is 0 Å². The molecule has 3 aliphatic rings. The molecule has 27 heavy (non-hydrogen) atoms. The van der Waals surface area contributed by atoms with Crippen LogP contribution in [0.25, 0.3) is 0 Å². The highest BCUT2D eigenvalue weighted by atomic mass is 16.5. The first-order chi connectivity index (χ1) is 13.1. The molecule has 144 valence electrons. The maximum atomic E-state index is 12.7. The third-order valence-electron chi connectivity index (χ3n) is 5.86. The Morgan fingerprint density at radius 1 is 1.15 bits per heavy atom. The highest BCUT2D eigenvalue weighted by molar-refractivity contribution is 6.05. The standard InChI is InChI=1S/C20H25N3O4/c1-21-15-4-2-3-5-17(15)27-13-6-7-14-12(10-13)11-23(20(14)26)16-8-9-18(24)22-19(16)25/h6-7,10,15-17,21H,2-5,8-9,11H2,1H3,(H,22,24,25)/t15-,16?,17-/m1/s1. The van der Waals surface area contributed by atoms with Gasteiger partial charge < -0.3 is 15.0 Å². The summed E-state index contributed by atoms with van der Waals surface area (Å²) in [5.74, 6) is -0.0544. The number of amides is 3. The molecule has 0 bridgehead atoms. The number of ether oxygens (including phenoxy) is 1. The van der Waals surface area contributed by atoms with E-state index in [2.05, 4.69) is 10.6 Å². The van der Waals surface area contributed by atoms with Crippen molar-refractivity contribution >= 4 is 17.7 Å². The van der Waals surface area contributed by atoms with Gasteiger partial charge in [0.25, 0.3) is 5.91 Å². The third-order valence-corrected chi connectivity index (χ3v) is 5.86. The van der Waals surface area contributed by atoms with E-state index in [4.69, 9.17) is 4.74 Å². The van der Waals surface area contributed by atoms with E-state index in [1.54, 1.807) is 11.0 Å². The molecule has 1 saturated carbocycles. The molecule has 1 aromatic carbocycles. The fourth-order valence-corrected chi connectivity index (χ4v) is 4.37. The number of piperidine rings is 1. The van der Waals surface area contributed by atoms with Crippen molar-refractivity contribution in [3.63, 3.8) is 0 Å². The lowest BCUT2D eigenvalue weighted by Crippen LogP contribution is -2.52. The van der Waals surface area contributed by atoms with E-state index in [0.717, 1.165) is 30.6 Å². The molecular weight excluding hydrogens is 346 g/mol. The second-order valence-electron chi connectivity index (χ2n) is 7.55. The van der Waals surface area contributed by atoms with Gasteiger partial charge in [-0.2, -0.15) is 0 Å². The smallest absolute Gasteiger partial charge is 0.255 e.